The Bertz CT molecular complexity index is 481. The van der Waals surface area contributed by atoms with Gasteiger partial charge in [-0.15, -0.1) is 0 Å². The van der Waals surface area contributed by atoms with Gasteiger partial charge >= 0.3 is 0 Å². The number of nitrogens with zero attached hydrogens (tertiary/aromatic N) is 2. The Morgan fingerprint density at radius 3 is 2.88 bits per heavy atom. The molecule has 2 heterocycles. The van der Waals surface area contributed by atoms with Crippen molar-refractivity contribution < 1.29 is 8.42 Å². The van der Waals surface area contributed by atoms with Crippen molar-refractivity contribution in [1.82, 2.24) is 14.9 Å². The third-order valence-electron chi connectivity index (χ3n) is 3.34. The number of hydrogen-bond donors (Lipinski definition) is 1. The molecule has 1 aromatic heterocycles. The van der Waals surface area contributed by atoms with Crippen LogP contribution in [-0.4, -0.2) is 36.0 Å². The molecule has 1 aliphatic rings. The van der Waals surface area contributed by atoms with Crippen LogP contribution in [0.15, 0.2) is 12.5 Å². The molecule has 2 atom stereocenters. The second kappa shape index (κ2) is 4.78. The number of hydrogen-bond acceptors (Lipinski definition) is 4. The average Bonchev–Trinajstić information content (AvgIpc) is 2.81. The van der Waals surface area contributed by atoms with Gasteiger partial charge in [0.05, 0.1) is 29.6 Å². The fourth-order valence-electron chi connectivity index (χ4n) is 2.49. The summed E-state index contributed by atoms with van der Waals surface area (Å²) in [6.45, 7) is 2.86. The van der Waals surface area contributed by atoms with Gasteiger partial charge in [-0.25, -0.2) is 13.4 Å². The Balaban J connectivity index is 2.22. The number of aryl methyl sites for hydroxylation is 1. The van der Waals surface area contributed by atoms with Crippen LogP contribution in [0.1, 0.15) is 25.1 Å². The molecule has 17 heavy (non-hydrogen) atoms. The summed E-state index contributed by atoms with van der Waals surface area (Å²) in [5.74, 6) is 0.767. The third-order valence-corrected chi connectivity index (χ3v) is 5.13. The lowest BCUT2D eigenvalue weighted by Crippen LogP contribution is -2.30. The second-order valence-electron chi connectivity index (χ2n) is 4.63. The van der Waals surface area contributed by atoms with Crippen molar-refractivity contribution in [3.8, 4) is 0 Å². The molecule has 0 amide bonds. The zero-order chi connectivity index (χ0) is 12.5. The molecule has 6 heteroatoms. The van der Waals surface area contributed by atoms with Crippen LogP contribution >= 0.6 is 0 Å². The van der Waals surface area contributed by atoms with Gasteiger partial charge in [-0.2, -0.15) is 0 Å². The lowest BCUT2D eigenvalue weighted by Gasteiger charge is -2.23. The minimum absolute atomic E-state index is 0.0878. The summed E-state index contributed by atoms with van der Waals surface area (Å²) in [6, 6.07) is 0.0878. The standard InChI is InChI=1S/C11H19N3O2S/c1-3-13-11(10-6-12-8-14(10)2)9-4-5-17(15,16)7-9/h6,8-9,11,13H,3-5,7H2,1-2H3. The molecule has 0 spiro atoms. The van der Waals surface area contributed by atoms with Gasteiger partial charge in [0, 0.05) is 13.2 Å². The van der Waals surface area contributed by atoms with Crippen LogP contribution in [0.4, 0.5) is 0 Å². The molecule has 1 saturated heterocycles. The fraction of sp³-hybridized carbons (Fsp3) is 0.727. The largest absolute Gasteiger partial charge is 0.336 e. The van der Waals surface area contributed by atoms with Crippen LogP contribution < -0.4 is 5.32 Å². The zero-order valence-electron chi connectivity index (χ0n) is 10.3. The Kier molecular flexibility index (Phi) is 3.53. The first-order valence-electron chi connectivity index (χ1n) is 5.93. The van der Waals surface area contributed by atoms with Gasteiger partial charge in [0.25, 0.3) is 0 Å². The molecule has 0 bridgehead atoms. The van der Waals surface area contributed by atoms with Crippen molar-refractivity contribution in [2.75, 3.05) is 18.1 Å². The molecule has 0 radical (unpaired) electrons. The van der Waals surface area contributed by atoms with E-state index < -0.39 is 9.84 Å². The predicted octanol–water partition coefficient (Wildman–Crippen LogP) is 0.505. The van der Waals surface area contributed by atoms with Crippen LogP contribution in [0.3, 0.4) is 0 Å². The lowest BCUT2D eigenvalue weighted by molar-refractivity contribution is 0.384. The fourth-order valence-corrected chi connectivity index (χ4v) is 4.33. The monoisotopic (exact) mass is 257 g/mol. The van der Waals surface area contributed by atoms with Gasteiger partial charge in [-0.1, -0.05) is 6.92 Å². The summed E-state index contributed by atoms with van der Waals surface area (Å²) in [7, 11) is -0.892. The number of rotatable bonds is 4. The first kappa shape index (κ1) is 12.6. The average molecular weight is 257 g/mol. The molecule has 1 N–H and O–H groups in total. The van der Waals surface area contributed by atoms with Gasteiger partial charge in [-0.3, -0.25) is 0 Å². The van der Waals surface area contributed by atoms with Crippen molar-refractivity contribution in [3.05, 3.63) is 18.2 Å². The van der Waals surface area contributed by atoms with Crippen molar-refractivity contribution >= 4 is 9.84 Å². The number of sulfone groups is 1. The summed E-state index contributed by atoms with van der Waals surface area (Å²) < 4.78 is 25.1. The molecule has 1 fully saturated rings. The van der Waals surface area contributed by atoms with E-state index in [9.17, 15) is 8.42 Å². The number of aromatic nitrogens is 2. The number of nitrogens with one attached hydrogen (secondary N) is 1. The summed E-state index contributed by atoms with van der Waals surface area (Å²) in [4.78, 5) is 4.11. The van der Waals surface area contributed by atoms with Crippen LogP contribution in [0, 0.1) is 5.92 Å². The van der Waals surface area contributed by atoms with Crippen LogP contribution in [0.25, 0.3) is 0 Å². The van der Waals surface area contributed by atoms with E-state index in [0.29, 0.717) is 5.75 Å². The van der Waals surface area contributed by atoms with Gasteiger partial charge < -0.3 is 9.88 Å². The summed E-state index contributed by atoms with van der Waals surface area (Å²) in [6.07, 6.45) is 4.31. The van der Waals surface area contributed by atoms with Crippen LogP contribution in [0.2, 0.25) is 0 Å². The minimum Gasteiger partial charge on any atom is -0.336 e. The minimum atomic E-state index is -2.83. The van der Waals surface area contributed by atoms with E-state index in [1.54, 1.807) is 6.33 Å². The maximum atomic E-state index is 11.6. The molecular formula is C11H19N3O2S. The van der Waals surface area contributed by atoms with Crippen molar-refractivity contribution in [2.45, 2.75) is 19.4 Å². The third kappa shape index (κ3) is 2.69. The predicted molar refractivity (Wildman–Crippen MR) is 66.4 cm³/mol. The first-order chi connectivity index (χ1) is 8.03. The molecular weight excluding hydrogens is 238 g/mol. The van der Waals surface area contributed by atoms with Crippen molar-refractivity contribution in [3.63, 3.8) is 0 Å². The SMILES string of the molecule is CCNC(c1cncn1C)C1CCS(=O)(=O)C1. The van der Waals surface area contributed by atoms with E-state index in [4.69, 9.17) is 0 Å². The molecule has 1 aromatic rings. The normalized spacial score (nSPS) is 24.9. The highest BCUT2D eigenvalue weighted by Gasteiger charge is 2.35. The van der Waals surface area contributed by atoms with E-state index in [1.165, 1.54) is 0 Å². The maximum Gasteiger partial charge on any atom is 0.150 e. The number of imidazole rings is 1. The second-order valence-corrected chi connectivity index (χ2v) is 6.86. The van der Waals surface area contributed by atoms with Gasteiger partial charge in [0.15, 0.2) is 9.84 Å². The van der Waals surface area contributed by atoms with Crippen molar-refractivity contribution in [2.24, 2.45) is 13.0 Å². The molecule has 96 valence electrons. The van der Waals surface area contributed by atoms with E-state index >= 15 is 0 Å². The van der Waals surface area contributed by atoms with E-state index in [0.717, 1.165) is 18.7 Å². The van der Waals surface area contributed by atoms with Gasteiger partial charge in [0.2, 0.25) is 0 Å². The molecule has 0 aromatic carbocycles. The topological polar surface area (TPSA) is 64.0 Å². The molecule has 1 aliphatic heterocycles. The lowest BCUT2D eigenvalue weighted by atomic mass is 9.96. The molecule has 0 saturated carbocycles. The van der Waals surface area contributed by atoms with Crippen molar-refractivity contribution in [1.29, 1.82) is 0 Å². The van der Waals surface area contributed by atoms with E-state index in [2.05, 4.69) is 10.3 Å². The van der Waals surface area contributed by atoms with Crippen LogP contribution in [-0.2, 0) is 16.9 Å². The van der Waals surface area contributed by atoms with Crippen LogP contribution in [0.5, 0.6) is 0 Å². The molecule has 0 aliphatic carbocycles. The Labute approximate surface area is 102 Å². The Hall–Kier alpha value is -0.880. The molecule has 2 unspecified atom stereocenters. The summed E-state index contributed by atoms with van der Waals surface area (Å²) in [5.41, 5.74) is 1.06. The summed E-state index contributed by atoms with van der Waals surface area (Å²) in [5, 5.41) is 3.38. The highest BCUT2D eigenvalue weighted by Crippen LogP contribution is 2.30. The zero-order valence-corrected chi connectivity index (χ0v) is 11.1. The molecule has 5 nitrogen and oxygen atoms in total. The van der Waals surface area contributed by atoms with Gasteiger partial charge in [0.1, 0.15) is 0 Å². The van der Waals surface area contributed by atoms with Gasteiger partial charge in [-0.05, 0) is 18.9 Å². The molecule has 2 rings (SSSR count). The smallest absolute Gasteiger partial charge is 0.150 e. The Morgan fingerprint density at radius 2 is 2.41 bits per heavy atom. The Morgan fingerprint density at radius 1 is 1.65 bits per heavy atom. The first-order valence-corrected chi connectivity index (χ1v) is 7.75. The highest BCUT2D eigenvalue weighted by atomic mass is 32.2. The highest BCUT2D eigenvalue weighted by molar-refractivity contribution is 7.91. The van der Waals surface area contributed by atoms with E-state index in [1.807, 2.05) is 24.7 Å². The van der Waals surface area contributed by atoms with E-state index in [-0.39, 0.29) is 17.7 Å². The quantitative estimate of drug-likeness (QED) is 0.853. The summed E-state index contributed by atoms with van der Waals surface area (Å²) >= 11 is 0. The maximum absolute atomic E-state index is 11.6.